The standard InChI is InChI=1S/C30H33F9N6/c1-17-9-24-23(6-4-8-45(16-22-5-3-7-40-22)26(24)15-25(17)30(37,38)39)19(13-27-41-43-44(2)42-27)10-18-11-20(28(31,32)33)14-21(12-18)29(34,35)36/h9,11-12,14-15,19,22-23,40H,3-8,10,13,16H2,1-2H3/t19?,22-,23-/m1/s1. The minimum Gasteiger partial charge on any atom is -0.370 e. The molecule has 0 saturated carbocycles. The normalized spacial score (nSPS) is 20.3. The summed E-state index contributed by atoms with van der Waals surface area (Å²) in [5.41, 5.74) is -2.88. The molecule has 1 N–H and O–H groups in total. The summed E-state index contributed by atoms with van der Waals surface area (Å²) in [6, 6.07) is 4.20. The van der Waals surface area contributed by atoms with Crippen LogP contribution in [0.25, 0.3) is 0 Å². The third-order valence-corrected chi connectivity index (χ3v) is 8.67. The van der Waals surface area contributed by atoms with Crippen molar-refractivity contribution in [2.75, 3.05) is 24.5 Å². The van der Waals surface area contributed by atoms with Crippen LogP contribution in [0.5, 0.6) is 0 Å². The Balaban J connectivity index is 1.62. The first-order chi connectivity index (χ1) is 21.0. The van der Waals surface area contributed by atoms with Crippen LogP contribution in [0.1, 0.15) is 70.8 Å². The number of tetrazole rings is 1. The average Bonchev–Trinajstić information content (AvgIpc) is 3.56. The highest BCUT2D eigenvalue weighted by Crippen LogP contribution is 2.46. The van der Waals surface area contributed by atoms with E-state index in [0.29, 0.717) is 49.3 Å². The van der Waals surface area contributed by atoms with E-state index < -0.39 is 47.1 Å². The van der Waals surface area contributed by atoms with E-state index in [2.05, 4.69) is 20.7 Å². The second-order valence-corrected chi connectivity index (χ2v) is 12.0. The molecule has 2 aromatic carbocycles. The van der Waals surface area contributed by atoms with Gasteiger partial charge in [0.2, 0.25) is 0 Å². The molecule has 1 unspecified atom stereocenters. The molecule has 0 radical (unpaired) electrons. The van der Waals surface area contributed by atoms with Gasteiger partial charge in [-0.3, -0.25) is 0 Å². The Hall–Kier alpha value is -3.36. The molecule has 2 aliphatic heterocycles. The van der Waals surface area contributed by atoms with Crippen LogP contribution in [0.15, 0.2) is 30.3 Å². The fourth-order valence-electron chi connectivity index (χ4n) is 6.67. The smallest absolute Gasteiger partial charge is 0.370 e. The second kappa shape index (κ2) is 12.4. The van der Waals surface area contributed by atoms with Gasteiger partial charge in [0.1, 0.15) is 0 Å². The van der Waals surface area contributed by atoms with Gasteiger partial charge in [0.05, 0.1) is 23.7 Å². The van der Waals surface area contributed by atoms with Crippen LogP contribution in [0.3, 0.4) is 0 Å². The maximum absolute atomic E-state index is 14.1. The van der Waals surface area contributed by atoms with Crippen LogP contribution < -0.4 is 10.2 Å². The number of hydrogen-bond donors (Lipinski definition) is 1. The highest BCUT2D eigenvalue weighted by Gasteiger charge is 2.40. The lowest BCUT2D eigenvalue weighted by Gasteiger charge is -2.32. The monoisotopic (exact) mass is 648 g/mol. The number of nitrogens with zero attached hydrogens (tertiary/aromatic N) is 5. The van der Waals surface area contributed by atoms with Crippen LogP contribution in [0.2, 0.25) is 0 Å². The zero-order valence-corrected chi connectivity index (χ0v) is 24.6. The lowest BCUT2D eigenvalue weighted by Crippen LogP contribution is -2.38. The third-order valence-electron chi connectivity index (χ3n) is 8.67. The molecule has 15 heteroatoms. The van der Waals surface area contributed by atoms with Crippen LogP contribution in [0, 0.1) is 12.8 Å². The molecule has 0 aliphatic carbocycles. The van der Waals surface area contributed by atoms with Gasteiger partial charge in [0.25, 0.3) is 0 Å². The SMILES string of the molecule is Cc1cc2c(cc1C(F)(F)F)N(C[C@H]1CCCN1)CCC[C@@H]2C(Cc1cc(C(F)(F)F)cc(C(F)(F)F)c1)Cc1nnn(C)n1. The van der Waals surface area contributed by atoms with Crippen molar-refractivity contribution in [2.45, 2.75) is 75.9 Å². The van der Waals surface area contributed by atoms with E-state index >= 15 is 0 Å². The molecule has 1 saturated heterocycles. The number of rotatable bonds is 7. The summed E-state index contributed by atoms with van der Waals surface area (Å²) in [5, 5.41) is 15.4. The Morgan fingerprint density at radius 3 is 2.11 bits per heavy atom. The molecular weight excluding hydrogens is 615 g/mol. The number of nitrogens with one attached hydrogen (secondary N) is 1. The minimum atomic E-state index is -5.02. The molecule has 3 aromatic rings. The molecule has 2 aliphatic rings. The summed E-state index contributed by atoms with van der Waals surface area (Å²) in [6.45, 7) is 3.08. The van der Waals surface area contributed by atoms with E-state index in [-0.39, 0.29) is 41.9 Å². The molecule has 0 amide bonds. The topological polar surface area (TPSA) is 58.9 Å². The number of aryl methyl sites for hydroxylation is 2. The Labute approximate surface area is 254 Å². The Kier molecular flexibility index (Phi) is 9.13. The lowest BCUT2D eigenvalue weighted by molar-refractivity contribution is -0.143. The number of aromatic nitrogens is 4. The Bertz CT molecular complexity index is 1460. The first-order valence-electron chi connectivity index (χ1n) is 14.7. The lowest BCUT2D eigenvalue weighted by atomic mass is 9.76. The van der Waals surface area contributed by atoms with Crippen molar-refractivity contribution >= 4 is 5.69 Å². The van der Waals surface area contributed by atoms with E-state index in [4.69, 9.17) is 0 Å². The van der Waals surface area contributed by atoms with Crippen molar-refractivity contribution in [3.8, 4) is 0 Å². The summed E-state index contributed by atoms with van der Waals surface area (Å²) in [6.07, 6.45) is -12.0. The fourth-order valence-corrected chi connectivity index (χ4v) is 6.67. The van der Waals surface area contributed by atoms with E-state index in [1.165, 1.54) is 24.8 Å². The molecule has 1 fully saturated rings. The van der Waals surface area contributed by atoms with Gasteiger partial charge in [-0.15, -0.1) is 10.2 Å². The van der Waals surface area contributed by atoms with Crippen molar-refractivity contribution in [3.05, 3.63) is 69.5 Å². The quantitative estimate of drug-likeness (QED) is 0.277. The van der Waals surface area contributed by atoms with Crippen molar-refractivity contribution in [3.63, 3.8) is 0 Å². The predicted molar refractivity (Wildman–Crippen MR) is 148 cm³/mol. The third kappa shape index (κ3) is 7.72. The highest BCUT2D eigenvalue weighted by atomic mass is 19.4. The van der Waals surface area contributed by atoms with Crippen molar-refractivity contribution in [1.29, 1.82) is 0 Å². The molecule has 45 heavy (non-hydrogen) atoms. The van der Waals surface area contributed by atoms with E-state index in [1.54, 1.807) is 0 Å². The number of fused-ring (bicyclic) bond motifs is 1. The van der Waals surface area contributed by atoms with Gasteiger partial charge in [0, 0.05) is 31.2 Å². The number of anilines is 1. The summed E-state index contributed by atoms with van der Waals surface area (Å²) >= 11 is 0. The molecule has 0 bridgehead atoms. The average molecular weight is 649 g/mol. The van der Waals surface area contributed by atoms with Crippen LogP contribution in [-0.4, -0.2) is 45.9 Å². The number of benzene rings is 2. The van der Waals surface area contributed by atoms with E-state index in [9.17, 15) is 39.5 Å². The van der Waals surface area contributed by atoms with Gasteiger partial charge in [-0.05, 0) is 104 Å². The number of halogens is 9. The van der Waals surface area contributed by atoms with Crippen molar-refractivity contribution in [2.24, 2.45) is 13.0 Å². The molecule has 0 spiro atoms. The van der Waals surface area contributed by atoms with Gasteiger partial charge >= 0.3 is 18.5 Å². The van der Waals surface area contributed by atoms with Gasteiger partial charge < -0.3 is 10.2 Å². The summed E-state index contributed by atoms with van der Waals surface area (Å²) in [7, 11) is 1.52. The van der Waals surface area contributed by atoms with E-state index in [1.807, 2.05) is 4.90 Å². The summed E-state index contributed by atoms with van der Waals surface area (Å²) in [4.78, 5) is 3.12. The Morgan fingerprint density at radius 2 is 1.56 bits per heavy atom. The first-order valence-corrected chi connectivity index (χ1v) is 14.7. The molecule has 5 rings (SSSR count). The summed E-state index contributed by atoms with van der Waals surface area (Å²) < 4.78 is 125. The highest BCUT2D eigenvalue weighted by molar-refractivity contribution is 5.61. The summed E-state index contributed by atoms with van der Waals surface area (Å²) in [5.74, 6) is -0.944. The predicted octanol–water partition coefficient (Wildman–Crippen LogP) is 7.11. The van der Waals surface area contributed by atoms with Crippen LogP contribution in [0.4, 0.5) is 45.2 Å². The largest absolute Gasteiger partial charge is 0.416 e. The molecule has 6 nitrogen and oxygen atoms in total. The number of alkyl halides is 9. The van der Waals surface area contributed by atoms with Gasteiger partial charge in [-0.25, -0.2) is 0 Å². The van der Waals surface area contributed by atoms with Crippen LogP contribution in [-0.2, 0) is 38.4 Å². The fraction of sp³-hybridized carbons (Fsp3) is 0.567. The zero-order valence-electron chi connectivity index (χ0n) is 24.6. The molecule has 3 atom stereocenters. The maximum atomic E-state index is 14.1. The molecule has 1 aromatic heterocycles. The molecule has 246 valence electrons. The van der Waals surface area contributed by atoms with Gasteiger partial charge in [-0.2, -0.15) is 44.3 Å². The maximum Gasteiger partial charge on any atom is 0.416 e. The number of hydrogen-bond acceptors (Lipinski definition) is 5. The second-order valence-electron chi connectivity index (χ2n) is 12.0. The van der Waals surface area contributed by atoms with Crippen molar-refractivity contribution in [1.82, 2.24) is 25.5 Å². The van der Waals surface area contributed by atoms with Crippen molar-refractivity contribution < 1.29 is 39.5 Å². The minimum absolute atomic E-state index is 0.0121. The Morgan fingerprint density at radius 1 is 0.867 bits per heavy atom. The van der Waals surface area contributed by atoms with Gasteiger partial charge in [-0.1, -0.05) is 6.07 Å². The molecule has 3 heterocycles. The van der Waals surface area contributed by atoms with E-state index in [0.717, 1.165) is 25.5 Å². The van der Waals surface area contributed by atoms with Gasteiger partial charge in [0.15, 0.2) is 5.82 Å². The van der Waals surface area contributed by atoms with Crippen LogP contribution >= 0.6 is 0 Å². The first kappa shape index (κ1) is 33.0. The molecular formula is C30H33F9N6. The zero-order chi connectivity index (χ0) is 32.7.